The molecule has 0 spiro atoms. The zero-order valence-electron chi connectivity index (χ0n) is 7.45. The Kier molecular flexibility index (Phi) is 3.00. The minimum Gasteiger partial charge on any atom is -0.351 e. The van der Waals surface area contributed by atoms with Crippen molar-refractivity contribution in [3.8, 4) is 0 Å². The lowest BCUT2D eigenvalue weighted by Crippen LogP contribution is -2.38. The molecule has 1 rings (SSSR count). The maximum Gasteiger partial charge on any atom is 0.232 e. The van der Waals surface area contributed by atoms with E-state index < -0.39 is 0 Å². The number of nitrogens with one attached hydrogen (secondary N) is 1. The van der Waals surface area contributed by atoms with Gasteiger partial charge in [0.2, 0.25) is 11.8 Å². The number of hydrogen-bond donors (Lipinski definition) is 1. The lowest BCUT2D eigenvalue weighted by Gasteiger charge is -2.19. The molecule has 0 aromatic carbocycles. The molecule has 1 fully saturated rings. The summed E-state index contributed by atoms with van der Waals surface area (Å²) in [6.45, 7) is 2.27. The molecule has 0 saturated carbocycles. The zero-order chi connectivity index (χ0) is 9.84. The number of hydrogen-bond acceptors (Lipinski definition) is 3. The first-order valence-corrected chi connectivity index (χ1v) is 4.14. The van der Waals surface area contributed by atoms with Gasteiger partial charge < -0.3 is 15.0 Å². The molecule has 13 heavy (non-hydrogen) atoms. The number of carbonyl (C=O) groups is 3. The molecule has 72 valence electrons. The van der Waals surface area contributed by atoms with Gasteiger partial charge in [-0.15, -0.1) is 0 Å². The third-order valence-electron chi connectivity index (χ3n) is 1.86. The molecule has 0 aromatic rings. The van der Waals surface area contributed by atoms with E-state index in [4.69, 9.17) is 0 Å². The average molecular weight is 184 g/mol. The molecule has 1 N–H and O–H groups in total. The van der Waals surface area contributed by atoms with Crippen molar-refractivity contribution in [1.29, 1.82) is 0 Å². The lowest BCUT2D eigenvalue weighted by molar-refractivity contribution is -0.135. The van der Waals surface area contributed by atoms with Crippen LogP contribution in [0.4, 0.5) is 0 Å². The van der Waals surface area contributed by atoms with Crippen molar-refractivity contribution in [1.82, 2.24) is 10.2 Å². The topological polar surface area (TPSA) is 66.5 Å². The Balaban J connectivity index is 2.67. The van der Waals surface area contributed by atoms with Crippen LogP contribution in [-0.4, -0.2) is 42.1 Å². The third-order valence-corrected chi connectivity index (χ3v) is 1.86. The fourth-order valence-corrected chi connectivity index (χ4v) is 1.32. The number of carbonyl (C=O) groups excluding carboxylic acids is 3. The van der Waals surface area contributed by atoms with Gasteiger partial charge in [-0.05, 0) is 6.92 Å². The second-order valence-electron chi connectivity index (χ2n) is 3.11. The molecule has 0 bridgehead atoms. The molecule has 1 atom stereocenters. The van der Waals surface area contributed by atoms with Crippen molar-refractivity contribution in [3.63, 3.8) is 0 Å². The highest BCUT2D eigenvalue weighted by atomic mass is 16.2. The molecule has 1 heterocycles. The lowest BCUT2D eigenvalue weighted by atomic mass is 10.3. The summed E-state index contributed by atoms with van der Waals surface area (Å²) in [4.78, 5) is 33.9. The number of nitrogens with zero attached hydrogens (tertiary/aromatic N) is 1. The molecule has 1 unspecified atom stereocenters. The van der Waals surface area contributed by atoms with Gasteiger partial charge in [-0.3, -0.25) is 9.59 Å². The van der Waals surface area contributed by atoms with Crippen molar-refractivity contribution in [3.05, 3.63) is 0 Å². The number of aldehydes is 1. The van der Waals surface area contributed by atoms with Gasteiger partial charge in [0.25, 0.3) is 0 Å². The first-order valence-electron chi connectivity index (χ1n) is 4.14. The summed E-state index contributed by atoms with van der Waals surface area (Å²) in [5.41, 5.74) is 0. The Morgan fingerprint density at radius 1 is 1.62 bits per heavy atom. The van der Waals surface area contributed by atoms with Crippen molar-refractivity contribution in [2.45, 2.75) is 19.4 Å². The van der Waals surface area contributed by atoms with E-state index in [1.807, 2.05) is 0 Å². The smallest absolute Gasteiger partial charge is 0.232 e. The fourth-order valence-electron chi connectivity index (χ4n) is 1.32. The largest absolute Gasteiger partial charge is 0.351 e. The van der Waals surface area contributed by atoms with Crippen LogP contribution in [0.5, 0.6) is 0 Å². The predicted molar refractivity (Wildman–Crippen MR) is 44.9 cm³/mol. The zero-order valence-corrected chi connectivity index (χ0v) is 7.45. The standard InChI is InChI=1S/C8H12N2O3/c1-6-5-10(2-3-11)8(13)4-7(12)9-6/h3,6H,2,4-5H2,1H3,(H,9,12). The minimum absolute atomic E-state index is 0.0676. The molecule has 5 heteroatoms. The monoisotopic (exact) mass is 184 g/mol. The van der Waals surface area contributed by atoms with E-state index in [9.17, 15) is 14.4 Å². The molecular formula is C8H12N2O3. The Hall–Kier alpha value is -1.39. The first kappa shape index (κ1) is 9.70. The second kappa shape index (κ2) is 4.02. The van der Waals surface area contributed by atoms with Crippen molar-refractivity contribution in [2.75, 3.05) is 13.1 Å². The van der Waals surface area contributed by atoms with Crippen LogP contribution in [-0.2, 0) is 14.4 Å². The van der Waals surface area contributed by atoms with E-state index in [0.717, 1.165) is 0 Å². The average Bonchev–Trinajstić information content (AvgIpc) is 2.12. The summed E-state index contributed by atoms with van der Waals surface area (Å²) in [7, 11) is 0. The van der Waals surface area contributed by atoms with Crippen LogP contribution in [0.15, 0.2) is 0 Å². The van der Waals surface area contributed by atoms with Gasteiger partial charge in [0.1, 0.15) is 12.7 Å². The van der Waals surface area contributed by atoms with Gasteiger partial charge in [-0.1, -0.05) is 0 Å². The SMILES string of the molecule is CC1CN(CC=O)C(=O)CC(=O)N1. The van der Waals surface area contributed by atoms with Crippen LogP contribution in [0.2, 0.25) is 0 Å². The highest BCUT2D eigenvalue weighted by Gasteiger charge is 2.24. The number of amides is 2. The van der Waals surface area contributed by atoms with Gasteiger partial charge in [0, 0.05) is 12.6 Å². The van der Waals surface area contributed by atoms with Gasteiger partial charge in [0.05, 0.1) is 6.54 Å². The molecular weight excluding hydrogens is 172 g/mol. The Morgan fingerprint density at radius 2 is 2.31 bits per heavy atom. The normalized spacial score (nSPS) is 23.8. The van der Waals surface area contributed by atoms with Gasteiger partial charge >= 0.3 is 0 Å². The summed E-state index contributed by atoms with van der Waals surface area (Å²) in [6, 6.07) is -0.0844. The van der Waals surface area contributed by atoms with Gasteiger partial charge in [-0.2, -0.15) is 0 Å². The Labute approximate surface area is 76.1 Å². The van der Waals surface area contributed by atoms with Crippen LogP contribution in [0.3, 0.4) is 0 Å². The quantitative estimate of drug-likeness (QED) is 0.438. The van der Waals surface area contributed by atoms with Crippen LogP contribution in [0.1, 0.15) is 13.3 Å². The fraction of sp³-hybridized carbons (Fsp3) is 0.625. The van der Waals surface area contributed by atoms with Gasteiger partial charge in [0.15, 0.2) is 0 Å². The van der Waals surface area contributed by atoms with Crippen LogP contribution < -0.4 is 5.32 Å². The predicted octanol–water partition coefficient (Wildman–Crippen LogP) is -1.08. The maximum atomic E-state index is 11.3. The van der Waals surface area contributed by atoms with E-state index >= 15 is 0 Å². The molecule has 0 aromatic heterocycles. The van der Waals surface area contributed by atoms with Crippen LogP contribution in [0, 0.1) is 0 Å². The molecule has 0 radical (unpaired) electrons. The van der Waals surface area contributed by atoms with Crippen molar-refractivity contribution < 1.29 is 14.4 Å². The number of rotatable bonds is 2. The van der Waals surface area contributed by atoms with E-state index in [0.29, 0.717) is 12.8 Å². The summed E-state index contributed by atoms with van der Waals surface area (Å²) in [5, 5.41) is 2.64. The molecule has 1 aliphatic heterocycles. The molecule has 1 aliphatic rings. The summed E-state index contributed by atoms with van der Waals surface area (Å²) < 4.78 is 0. The third kappa shape index (κ3) is 2.54. The summed E-state index contributed by atoms with van der Waals surface area (Å²) >= 11 is 0. The Bertz CT molecular complexity index is 240. The first-order chi connectivity index (χ1) is 6.13. The van der Waals surface area contributed by atoms with Gasteiger partial charge in [-0.25, -0.2) is 0 Å². The van der Waals surface area contributed by atoms with E-state index in [1.54, 1.807) is 6.92 Å². The van der Waals surface area contributed by atoms with E-state index in [2.05, 4.69) is 5.32 Å². The molecule has 2 amide bonds. The molecule has 0 aliphatic carbocycles. The minimum atomic E-state index is -0.283. The summed E-state index contributed by atoms with van der Waals surface area (Å²) in [5.74, 6) is -0.556. The highest BCUT2D eigenvalue weighted by Crippen LogP contribution is 2.01. The van der Waals surface area contributed by atoms with E-state index in [-0.39, 0.29) is 30.8 Å². The van der Waals surface area contributed by atoms with Crippen LogP contribution in [0.25, 0.3) is 0 Å². The highest BCUT2D eigenvalue weighted by molar-refractivity contribution is 5.98. The van der Waals surface area contributed by atoms with E-state index in [1.165, 1.54) is 4.90 Å². The maximum absolute atomic E-state index is 11.3. The van der Waals surface area contributed by atoms with Crippen molar-refractivity contribution >= 4 is 18.1 Å². The summed E-state index contributed by atoms with van der Waals surface area (Å²) in [6.07, 6.45) is 0.512. The Morgan fingerprint density at radius 3 is 2.92 bits per heavy atom. The second-order valence-corrected chi connectivity index (χ2v) is 3.11. The van der Waals surface area contributed by atoms with Crippen molar-refractivity contribution in [2.24, 2.45) is 0 Å². The van der Waals surface area contributed by atoms with Crippen LogP contribution >= 0.6 is 0 Å². The molecule has 5 nitrogen and oxygen atoms in total. The molecule has 1 saturated heterocycles.